The summed E-state index contributed by atoms with van der Waals surface area (Å²) in [4.78, 5) is 49.7. The molecule has 3 aromatic rings. The van der Waals surface area contributed by atoms with Gasteiger partial charge in [0.15, 0.2) is 4.34 Å². The van der Waals surface area contributed by atoms with Crippen LogP contribution in [0.2, 0.25) is 0 Å². The van der Waals surface area contributed by atoms with Crippen LogP contribution in [0.25, 0.3) is 0 Å². The summed E-state index contributed by atoms with van der Waals surface area (Å²) in [5.41, 5.74) is 1.12. The van der Waals surface area contributed by atoms with Crippen molar-refractivity contribution in [2.75, 3.05) is 29.6 Å². The van der Waals surface area contributed by atoms with Gasteiger partial charge in [-0.2, -0.15) is 0 Å². The molecule has 0 saturated carbocycles. The third kappa shape index (κ3) is 7.81. The van der Waals surface area contributed by atoms with Crippen LogP contribution in [0.4, 0.5) is 14.5 Å². The van der Waals surface area contributed by atoms with E-state index in [9.17, 15) is 23.6 Å². The lowest BCUT2D eigenvalue weighted by Gasteiger charge is -2.06. The number of ether oxygens (including phenoxy) is 2. The summed E-state index contributed by atoms with van der Waals surface area (Å²) in [7, 11) is 0. The molecular formula is C23H23FN4O6S3. The molecule has 0 aliphatic heterocycles. The number of esters is 2. The number of thioether (sulfide) groups is 1. The zero-order valence-electron chi connectivity index (χ0n) is 20.1. The summed E-state index contributed by atoms with van der Waals surface area (Å²) in [6.07, 6.45) is 0.0432. The van der Waals surface area contributed by atoms with Crippen molar-refractivity contribution in [3.8, 4) is 0 Å². The highest BCUT2D eigenvalue weighted by atomic mass is 32.2. The summed E-state index contributed by atoms with van der Waals surface area (Å²) in [6, 6.07) is 5.59. The fraction of sp³-hybridized carbons (Fsp3) is 0.304. The van der Waals surface area contributed by atoms with Gasteiger partial charge in [-0.15, -0.1) is 21.5 Å². The second-order valence-corrected chi connectivity index (χ2v) is 10.5. The molecule has 0 spiro atoms. The van der Waals surface area contributed by atoms with Crippen LogP contribution in [-0.2, 0) is 25.5 Å². The number of aromatic nitrogens is 2. The molecule has 3 rings (SSSR count). The third-order valence-electron chi connectivity index (χ3n) is 4.60. The third-order valence-corrected chi connectivity index (χ3v) is 7.76. The van der Waals surface area contributed by atoms with E-state index in [1.54, 1.807) is 20.8 Å². The number of halogens is 1. The Morgan fingerprint density at radius 1 is 0.946 bits per heavy atom. The molecule has 10 nitrogen and oxygen atoms in total. The average Bonchev–Trinajstić information content (AvgIpc) is 3.43. The Morgan fingerprint density at radius 2 is 1.62 bits per heavy atom. The Kier molecular flexibility index (Phi) is 10.1. The summed E-state index contributed by atoms with van der Waals surface area (Å²) in [6.45, 7) is 5.21. The molecule has 0 aliphatic rings. The number of nitrogens with one attached hydrogen (secondary N) is 2. The first-order valence-electron chi connectivity index (χ1n) is 11.0. The van der Waals surface area contributed by atoms with Gasteiger partial charge in [-0.05, 0) is 44.0 Å². The number of nitrogens with zero attached hydrogens (tertiary/aromatic N) is 2. The van der Waals surface area contributed by atoms with Crippen molar-refractivity contribution in [2.24, 2.45) is 0 Å². The van der Waals surface area contributed by atoms with Crippen LogP contribution in [0.15, 0.2) is 28.6 Å². The Labute approximate surface area is 224 Å². The fourth-order valence-electron chi connectivity index (χ4n) is 3.00. The largest absolute Gasteiger partial charge is 0.462 e. The normalized spacial score (nSPS) is 10.6. The maximum Gasteiger partial charge on any atom is 0.348 e. The number of anilines is 2. The number of hydrogen-bond donors (Lipinski definition) is 2. The molecule has 0 unspecified atom stereocenters. The molecule has 2 amide bonds. The average molecular weight is 567 g/mol. The number of amides is 2. The number of benzene rings is 1. The van der Waals surface area contributed by atoms with Crippen molar-refractivity contribution >= 4 is 68.3 Å². The van der Waals surface area contributed by atoms with Crippen molar-refractivity contribution in [1.82, 2.24) is 10.2 Å². The molecule has 2 aromatic heterocycles. The van der Waals surface area contributed by atoms with Crippen LogP contribution in [-0.4, -0.2) is 52.9 Å². The smallest absolute Gasteiger partial charge is 0.348 e. The monoisotopic (exact) mass is 566 g/mol. The van der Waals surface area contributed by atoms with Crippen molar-refractivity contribution < 1.29 is 33.0 Å². The molecular weight excluding hydrogens is 543 g/mol. The lowest BCUT2D eigenvalue weighted by molar-refractivity contribution is -0.115. The lowest BCUT2D eigenvalue weighted by atomic mass is 10.1. The minimum Gasteiger partial charge on any atom is -0.462 e. The molecule has 37 heavy (non-hydrogen) atoms. The molecule has 0 atom stereocenters. The van der Waals surface area contributed by atoms with Crippen LogP contribution < -0.4 is 10.6 Å². The van der Waals surface area contributed by atoms with Crippen molar-refractivity contribution in [3.05, 3.63) is 51.7 Å². The van der Waals surface area contributed by atoms with Gasteiger partial charge in [0.1, 0.15) is 15.7 Å². The zero-order chi connectivity index (χ0) is 26.9. The maximum atomic E-state index is 13.0. The van der Waals surface area contributed by atoms with E-state index < -0.39 is 17.8 Å². The summed E-state index contributed by atoms with van der Waals surface area (Å²) >= 11 is 3.12. The number of hydrogen-bond acceptors (Lipinski definition) is 11. The van der Waals surface area contributed by atoms with Gasteiger partial charge in [-0.3, -0.25) is 9.59 Å². The van der Waals surface area contributed by atoms with Gasteiger partial charge in [-0.1, -0.05) is 35.2 Å². The summed E-state index contributed by atoms with van der Waals surface area (Å²) in [5, 5.41) is 13.6. The van der Waals surface area contributed by atoms with Gasteiger partial charge >= 0.3 is 11.9 Å². The quantitative estimate of drug-likeness (QED) is 0.198. The van der Waals surface area contributed by atoms with Crippen molar-refractivity contribution in [1.29, 1.82) is 0 Å². The van der Waals surface area contributed by atoms with E-state index in [-0.39, 0.29) is 57.7 Å². The molecule has 0 bridgehead atoms. The Bertz CT molecular complexity index is 1290. The van der Waals surface area contributed by atoms with Crippen LogP contribution in [0.5, 0.6) is 0 Å². The van der Waals surface area contributed by atoms with E-state index in [2.05, 4.69) is 20.8 Å². The van der Waals surface area contributed by atoms with Crippen LogP contribution in [0, 0.1) is 12.7 Å². The first kappa shape index (κ1) is 28.2. The molecule has 0 radical (unpaired) electrons. The minimum absolute atomic E-state index is 0.0432. The molecule has 0 fully saturated rings. The first-order chi connectivity index (χ1) is 17.7. The Hall–Kier alpha value is -3.36. The molecule has 14 heteroatoms. The highest BCUT2D eigenvalue weighted by Gasteiger charge is 2.27. The molecule has 0 aliphatic carbocycles. The van der Waals surface area contributed by atoms with E-state index in [0.29, 0.717) is 15.5 Å². The van der Waals surface area contributed by atoms with E-state index in [0.717, 1.165) is 34.4 Å². The van der Waals surface area contributed by atoms with Gasteiger partial charge in [0.2, 0.25) is 16.9 Å². The second kappa shape index (κ2) is 13.3. The number of rotatable bonds is 11. The van der Waals surface area contributed by atoms with Crippen molar-refractivity contribution in [3.63, 3.8) is 0 Å². The van der Waals surface area contributed by atoms with Crippen LogP contribution in [0.3, 0.4) is 0 Å². The predicted octanol–water partition coefficient (Wildman–Crippen LogP) is 4.31. The molecule has 1 aromatic carbocycles. The summed E-state index contributed by atoms with van der Waals surface area (Å²) < 4.78 is 23.6. The second-order valence-electron chi connectivity index (χ2n) is 7.26. The van der Waals surface area contributed by atoms with E-state index >= 15 is 0 Å². The standard InChI is InChI=1S/C23H23FN4O6S3/c1-4-33-20(31)17-12(3)18(21(32)34-5-2)36-19(17)25-16(30)11-35-23-28-27-22(37-23)26-15(29)10-13-6-8-14(24)9-7-13/h6-9H,4-5,10-11H2,1-3H3,(H,25,30)(H,26,27,29). The highest BCUT2D eigenvalue weighted by Crippen LogP contribution is 2.35. The van der Waals surface area contributed by atoms with Crippen LogP contribution >= 0.6 is 34.4 Å². The molecule has 2 heterocycles. The highest BCUT2D eigenvalue weighted by molar-refractivity contribution is 8.01. The van der Waals surface area contributed by atoms with Crippen LogP contribution in [0.1, 0.15) is 45.0 Å². The fourth-order valence-corrected chi connectivity index (χ4v) is 5.67. The zero-order valence-corrected chi connectivity index (χ0v) is 22.5. The Morgan fingerprint density at radius 3 is 2.30 bits per heavy atom. The van der Waals surface area contributed by atoms with Crippen molar-refractivity contribution in [2.45, 2.75) is 31.5 Å². The number of carbonyl (C=O) groups is 4. The van der Waals surface area contributed by atoms with Gasteiger partial charge < -0.3 is 20.1 Å². The topological polar surface area (TPSA) is 137 Å². The van der Waals surface area contributed by atoms with E-state index in [1.807, 2.05) is 0 Å². The van der Waals surface area contributed by atoms with Gasteiger partial charge in [0.05, 0.1) is 31.0 Å². The number of thiophene rings is 1. The van der Waals surface area contributed by atoms with E-state index in [4.69, 9.17) is 9.47 Å². The lowest BCUT2D eigenvalue weighted by Crippen LogP contribution is -2.16. The first-order valence-corrected chi connectivity index (χ1v) is 13.6. The number of carbonyl (C=O) groups excluding carboxylic acids is 4. The maximum absolute atomic E-state index is 13.0. The molecule has 2 N–H and O–H groups in total. The van der Waals surface area contributed by atoms with Gasteiger partial charge in [-0.25, -0.2) is 14.0 Å². The molecule has 196 valence electrons. The van der Waals surface area contributed by atoms with Gasteiger partial charge in [0, 0.05) is 0 Å². The van der Waals surface area contributed by atoms with E-state index in [1.165, 1.54) is 24.3 Å². The SMILES string of the molecule is CCOC(=O)c1sc(NC(=O)CSc2nnc(NC(=O)Cc3ccc(F)cc3)s2)c(C(=O)OCC)c1C. The summed E-state index contributed by atoms with van der Waals surface area (Å²) in [5.74, 6) is -2.47. The van der Waals surface area contributed by atoms with Gasteiger partial charge in [0.25, 0.3) is 0 Å². The molecule has 0 saturated heterocycles. The Balaban J connectivity index is 1.60. The minimum atomic E-state index is -0.653. The predicted molar refractivity (Wildman–Crippen MR) is 139 cm³/mol.